The molecule has 9 nitrogen and oxygen atoms in total. The molecule has 0 unspecified atom stereocenters. The molecule has 0 radical (unpaired) electrons. The summed E-state index contributed by atoms with van der Waals surface area (Å²) in [6.07, 6.45) is 5.06. The van der Waals surface area contributed by atoms with E-state index < -0.39 is 0 Å². The predicted molar refractivity (Wildman–Crippen MR) is 120 cm³/mol. The summed E-state index contributed by atoms with van der Waals surface area (Å²) in [5.41, 5.74) is 6.07. The second-order valence-corrected chi connectivity index (χ2v) is 7.63. The van der Waals surface area contributed by atoms with Gasteiger partial charge < -0.3 is 10.1 Å². The summed E-state index contributed by atoms with van der Waals surface area (Å²) in [5, 5.41) is 21.3. The number of pyridine rings is 2. The third kappa shape index (κ3) is 3.07. The number of halogens is 1. The van der Waals surface area contributed by atoms with Crippen LogP contribution in [0.3, 0.4) is 0 Å². The Bertz CT molecular complexity index is 1650. The maximum Gasteiger partial charge on any atom is 0.161 e. The van der Waals surface area contributed by atoms with Gasteiger partial charge in [0.25, 0.3) is 0 Å². The Morgan fingerprint density at radius 1 is 0.970 bits per heavy atom. The van der Waals surface area contributed by atoms with E-state index in [1.807, 2.05) is 18.3 Å². The predicted octanol–water partition coefficient (Wildman–Crippen LogP) is 3.60. The second kappa shape index (κ2) is 7.31. The monoisotopic (exact) mass is 440 g/mol. The van der Waals surface area contributed by atoms with E-state index in [9.17, 15) is 9.50 Å². The van der Waals surface area contributed by atoms with Gasteiger partial charge in [-0.25, -0.2) is 14.4 Å². The minimum Gasteiger partial charge on any atom is -0.390 e. The van der Waals surface area contributed by atoms with Crippen LogP contribution in [0.25, 0.3) is 56.0 Å². The van der Waals surface area contributed by atoms with Gasteiger partial charge in [0.05, 0.1) is 35.2 Å². The Morgan fingerprint density at radius 3 is 2.70 bits per heavy atom. The lowest BCUT2D eigenvalue weighted by molar-refractivity contribution is 0.276. The Hall–Kier alpha value is -4.44. The van der Waals surface area contributed by atoms with Crippen LogP contribution in [0.5, 0.6) is 0 Å². The van der Waals surface area contributed by atoms with Crippen molar-refractivity contribution >= 4 is 22.1 Å². The van der Waals surface area contributed by atoms with Gasteiger partial charge in [-0.15, -0.1) is 0 Å². The number of aliphatic hydroxyl groups excluding tert-OH is 1. The van der Waals surface area contributed by atoms with Gasteiger partial charge in [-0.2, -0.15) is 10.2 Å². The summed E-state index contributed by atoms with van der Waals surface area (Å²) in [5.74, 6) is 0.143. The average molecular weight is 440 g/mol. The Balaban J connectivity index is 1.52. The van der Waals surface area contributed by atoms with Gasteiger partial charge in [0.15, 0.2) is 11.5 Å². The van der Waals surface area contributed by atoms with Crippen LogP contribution in [0.2, 0.25) is 0 Å². The van der Waals surface area contributed by atoms with Crippen molar-refractivity contribution in [3.8, 4) is 33.9 Å². The minimum atomic E-state index is -0.343. The number of hydrogen-bond acceptors (Lipinski definition) is 6. The summed E-state index contributed by atoms with van der Waals surface area (Å²) in [6, 6.07) is 10.2. The van der Waals surface area contributed by atoms with Gasteiger partial charge in [-0.3, -0.25) is 14.8 Å². The number of hydrogen-bond donors (Lipinski definition) is 3. The molecule has 5 heterocycles. The summed E-state index contributed by atoms with van der Waals surface area (Å²) in [6.45, 7) is -0.191. The topological polar surface area (TPSA) is 121 Å². The molecule has 5 aromatic heterocycles. The number of aryl methyl sites for hydroxylation is 1. The fourth-order valence-electron chi connectivity index (χ4n) is 4.00. The number of rotatable bonds is 4. The number of H-pyrrole nitrogens is 2. The third-order valence-corrected chi connectivity index (χ3v) is 5.52. The van der Waals surface area contributed by atoms with Gasteiger partial charge in [0.1, 0.15) is 16.9 Å². The molecule has 0 aliphatic heterocycles. The molecule has 6 rings (SSSR count). The first-order valence-electron chi connectivity index (χ1n) is 10.2. The molecule has 0 aliphatic rings. The molecule has 6 aromatic rings. The van der Waals surface area contributed by atoms with Crippen LogP contribution >= 0.6 is 0 Å². The lowest BCUT2D eigenvalue weighted by atomic mass is 10.1. The van der Waals surface area contributed by atoms with E-state index in [2.05, 4.69) is 25.3 Å². The molecule has 0 fully saturated rings. The highest BCUT2D eigenvalue weighted by molar-refractivity contribution is 5.95. The molecule has 1 aromatic carbocycles. The second-order valence-electron chi connectivity index (χ2n) is 7.63. The summed E-state index contributed by atoms with van der Waals surface area (Å²) in [7, 11) is 1.79. The van der Waals surface area contributed by atoms with E-state index in [0.717, 1.165) is 11.1 Å². The lowest BCUT2D eigenvalue weighted by Crippen LogP contribution is -1.92. The molecule has 0 saturated heterocycles. The number of nitrogens with one attached hydrogen (secondary N) is 2. The van der Waals surface area contributed by atoms with Gasteiger partial charge in [0, 0.05) is 36.1 Å². The van der Waals surface area contributed by atoms with Crippen LogP contribution in [-0.2, 0) is 13.7 Å². The van der Waals surface area contributed by atoms with E-state index in [0.29, 0.717) is 50.6 Å². The number of fused-ring (bicyclic) bond motifs is 2. The number of aromatic amines is 2. The Kier molecular flexibility index (Phi) is 4.27. The van der Waals surface area contributed by atoms with Gasteiger partial charge >= 0.3 is 0 Å². The van der Waals surface area contributed by atoms with Crippen molar-refractivity contribution < 1.29 is 9.50 Å². The molecule has 0 spiro atoms. The fourth-order valence-corrected chi connectivity index (χ4v) is 4.00. The van der Waals surface area contributed by atoms with Crippen molar-refractivity contribution in [2.75, 3.05) is 0 Å². The van der Waals surface area contributed by atoms with E-state index >= 15 is 0 Å². The first-order valence-corrected chi connectivity index (χ1v) is 10.2. The Morgan fingerprint density at radius 2 is 1.85 bits per heavy atom. The molecule has 162 valence electrons. The highest BCUT2D eigenvalue weighted by atomic mass is 19.1. The molecule has 0 atom stereocenters. The Labute approximate surface area is 186 Å². The standard InChI is InChI=1S/C23H17FN8O/c1-32-10-14(19(11-33)31-32)16-6-7-17-21(26-16)22(30-29-17)23-27-18-9-25-8-13(20(18)28-23)12-4-2-3-5-15(12)24/h2-10,33H,11H2,1H3,(H,27,28)(H,29,30). The van der Waals surface area contributed by atoms with Gasteiger partial charge in [-0.05, 0) is 18.2 Å². The summed E-state index contributed by atoms with van der Waals surface area (Å²) in [4.78, 5) is 17.0. The lowest BCUT2D eigenvalue weighted by Gasteiger charge is -2.03. The number of aliphatic hydroxyl groups is 1. The molecule has 3 N–H and O–H groups in total. The third-order valence-electron chi connectivity index (χ3n) is 5.52. The van der Waals surface area contributed by atoms with Crippen molar-refractivity contribution in [1.29, 1.82) is 0 Å². The van der Waals surface area contributed by atoms with Crippen molar-refractivity contribution in [3.05, 3.63) is 66.5 Å². The highest BCUT2D eigenvalue weighted by Gasteiger charge is 2.19. The summed E-state index contributed by atoms with van der Waals surface area (Å²) >= 11 is 0. The van der Waals surface area contributed by atoms with E-state index in [-0.39, 0.29) is 12.4 Å². The van der Waals surface area contributed by atoms with Crippen molar-refractivity contribution in [2.45, 2.75) is 6.61 Å². The van der Waals surface area contributed by atoms with E-state index in [1.165, 1.54) is 6.07 Å². The van der Waals surface area contributed by atoms with Crippen molar-refractivity contribution in [3.63, 3.8) is 0 Å². The maximum absolute atomic E-state index is 14.4. The van der Waals surface area contributed by atoms with E-state index in [4.69, 9.17) is 9.97 Å². The molecule has 10 heteroatoms. The molecule has 33 heavy (non-hydrogen) atoms. The van der Waals surface area contributed by atoms with Gasteiger partial charge in [0.2, 0.25) is 0 Å². The van der Waals surface area contributed by atoms with Gasteiger partial charge in [-0.1, -0.05) is 18.2 Å². The van der Waals surface area contributed by atoms with Crippen LogP contribution in [0.4, 0.5) is 4.39 Å². The molecule has 0 amide bonds. The SMILES string of the molecule is Cn1cc(-c2ccc3[nH]nc(-c4nc5c(-c6ccccc6F)cncc5[nH]4)c3n2)c(CO)n1. The first-order chi connectivity index (χ1) is 16.1. The smallest absolute Gasteiger partial charge is 0.161 e. The first kappa shape index (κ1) is 19.3. The number of benzene rings is 1. The molecule has 0 bridgehead atoms. The minimum absolute atomic E-state index is 0.191. The van der Waals surface area contributed by atoms with Crippen molar-refractivity contribution in [1.82, 2.24) is 39.9 Å². The summed E-state index contributed by atoms with van der Waals surface area (Å²) < 4.78 is 16.1. The van der Waals surface area contributed by atoms with Crippen LogP contribution in [0, 0.1) is 5.82 Å². The van der Waals surface area contributed by atoms with Crippen LogP contribution < -0.4 is 0 Å². The quantitative estimate of drug-likeness (QED) is 0.385. The van der Waals surface area contributed by atoms with Crippen LogP contribution in [0.1, 0.15) is 5.69 Å². The molecular formula is C23H17FN8O. The normalized spacial score (nSPS) is 11.6. The molecule has 0 saturated carbocycles. The zero-order valence-electron chi connectivity index (χ0n) is 17.4. The number of imidazole rings is 1. The van der Waals surface area contributed by atoms with Crippen LogP contribution in [0.15, 0.2) is 55.0 Å². The average Bonchev–Trinajstić information content (AvgIpc) is 3.54. The van der Waals surface area contributed by atoms with Crippen molar-refractivity contribution in [2.24, 2.45) is 7.05 Å². The molecular weight excluding hydrogens is 423 g/mol. The number of nitrogens with zero attached hydrogens (tertiary/aromatic N) is 6. The largest absolute Gasteiger partial charge is 0.390 e. The zero-order chi connectivity index (χ0) is 22.5. The maximum atomic E-state index is 14.4. The molecule has 0 aliphatic carbocycles. The van der Waals surface area contributed by atoms with Crippen LogP contribution in [-0.4, -0.2) is 45.0 Å². The zero-order valence-corrected chi connectivity index (χ0v) is 17.4. The highest BCUT2D eigenvalue weighted by Crippen LogP contribution is 2.32. The van der Waals surface area contributed by atoms with E-state index in [1.54, 1.807) is 42.3 Å². The fraction of sp³-hybridized carbons (Fsp3) is 0.0870. The number of aromatic nitrogens is 8.